The molecular weight excluding hydrogens is 284 g/mol. The van der Waals surface area contributed by atoms with E-state index in [4.69, 9.17) is 9.47 Å². The number of esters is 1. The minimum atomic E-state index is -0.296. The van der Waals surface area contributed by atoms with Gasteiger partial charge in [-0.2, -0.15) is 0 Å². The Morgan fingerprint density at radius 1 is 1.43 bits per heavy atom. The van der Waals surface area contributed by atoms with Gasteiger partial charge >= 0.3 is 5.97 Å². The van der Waals surface area contributed by atoms with E-state index < -0.39 is 0 Å². The second-order valence-electron chi connectivity index (χ2n) is 6.63. The van der Waals surface area contributed by atoms with Crippen molar-refractivity contribution >= 4 is 17.3 Å². The molecule has 0 N–H and O–H groups in total. The lowest BCUT2D eigenvalue weighted by Gasteiger charge is -2.23. The molecule has 2 aliphatic rings. The molecule has 112 valence electrons. The van der Waals surface area contributed by atoms with Crippen LogP contribution in [0.2, 0.25) is 0 Å². The van der Waals surface area contributed by atoms with Crippen LogP contribution in [-0.4, -0.2) is 19.7 Å². The molecule has 0 spiro atoms. The molecule has 4 heteroatoms. The molecule has 3 atom stereocenters. The predicted octanol–water partition coefficient (Wildman–Crippen LogP) is 3.60. The van der Waals surface area contributed by atoms with E-state index in [2.05, 4.69) is 32.6 Å². The average Bonchev–Trinajstić information content (AvgIpc) is 2.81. The van der Waals surface area contributed by atoms with Gasteiger partial charge in [-0.25, -0.2) is 4.79 Å². The van der Waals surface area contributed by atoms with Gasteiger partial charge in [0.2, 0.25) is 0 Å². The van der Waals surface area contributed by atoms with Crippen molar-refractivity contribution in [3.05, 3.63) is 16.3 Å². The van der Waals surface area contributed by atoms with Crippen molar-refractivity contribution in [3.8, 4) is 17.6 Å². The molecule has 0 aliphatic heterocycles. The van der Waals surface area contributed by atoms with Crippen molar-refractivity contribution in [1.29, 1.82) is 0 Å². The second kappa shape index (κ2) is 4.78. The van der Waals surface area contributed by atoms with E-state index >= 15 is 0 Å². The standard InChI is InChI=1S/C17H20O3S/c1-11-5-6-14-16(2,3)17(14,7-11)10-20-15(18)12-8-21-9-13(12)19-4/h8-9,11,14H,7,10H2,1-4H3. The molecule has 0 bridgehead atoms. The third-order valence-electron chi connectivity index (χ3n) is 5.15. The van der Waals surface area contributed by atoms with Crippen LogP contribution in [0.5, 0.6) is 5.75 Å². The Morgan fingerprint density at radius 3 is 2.90 bits per heavy atom. The lowest BCUT2D eigenvalue weighted by molar-refractivity contribution is 0.0350. The molecule has 3 unspecified atom stereocenters. The van der Waals surface area contributed by atoms with Crippen LogP contribution in [0.25, 0.3) is 0 Å². The van der Waals surface area contributed by atoms with Gasteiger partial charge in [-0.15, -0.1) is 11.3 Å². The Bertz CT molecular complexity index is 634. The normalized spacial score (nSPS) is 31.6. The molecule has 21 heavy (non-hydrogen) atoms. The maximum atomic E-state index is 12.2. The predicted molar refractivity (Wildman–Crippen MR) is 82.4 cm³/mol. The van der Waals surface area contributed by atoms with Crippen molar-refractivity contribution in [3.63, 3.8) is 0 Å². The van der Waals surface area contributed by atoms with Gasteiger partial charge in [0, 0.05) is 28.0 Å². The molecule has 2 aliphatic carbocycles. The van der Waals surface area contributed by atoms with E-state index in [9.17, 15) is 4.79 Å². The molecule has 3 rings (SSSR count). The van der Waals surface area contributed by atoms with Crippen molar-refractivity contribution in [1.82, 2.24) is 0 Å². The van der Waals surface area contributed by atoms with Gasteiger partial charge in [-0.3, -0.25) is 0 Å². The third kappa shape index (κ3) is 2.06. The third-order valence-corrected chi connectivity index (χ3v) is 5.87. The number of hydrogen-bond donors (Lipinski definition) is 0. The van der Waals surface area contributed by atoms with Gasteiger partial charge in [0.25, 0.3) is 0 Å². The van der Waals surface area contributed by atoms with E-state index in [-0.39, 0.29) is 16.8 Å². The van der Waals surface area contributed by atoms with Crippen LogP contribution >= 0.6 is 11.3 Å². The fourth-order valence-electron chi connectivity index (χ4n) is 3.66. The lowest BCUT2D eigenvalue weighted by Crippen LogP contribution is -2.23. The summed E-state index contributed by atoms with van der Waals surface area (Å²) < 4.78 is 10.8. The zero-order chi connectivity index (χ0) is 15.3. The van der Waals surface area contributed by atoms with Crippen LogP contribution in [0.4, 0.5) is 0 Å². The van der Waals surface area contributed by atoms with Crippen LogP contribution in [0.3, 0.4) is 0 Å². The summed E-state index contributed by atoms with van der Waals surface area (Å²) in [6.07, 6.45) is 1.01. The molecule has 0 saturated heterocycles. The number of carbonyl (C=O) groups excluding carboxylic acids is 1. The Kier molecular flexibility index (Phi) is 3.29. The van der Waals surface area contributed by atoms with Crippen molar-refractivity contribution < 1.29 is 14.3 Å². The first-order valence-electron chi connectivity index (χ1n) is 7.21. The van der Waals surface area contributed by atoms with Crippen LogP contribution in [0.15, 0.2) is 10.8 Å². The first-order chi connectivity index (χ1) is 9.92. The highest BCUT2D eigenvalue weighted by molar-refractivity contribution is 7.08. The van der Waals surface area contributed by atoms with E-state index in [0.29, 0.717) is 29.8 Å². The van der Waals surface area contributed by atoms with Crippen molar-refractivity contribution in [2.24, 2.45) is 22.7 Å². The number of hydrogen-bond acceptors (Lipinski definition) is 4. The van der Waals surface area contributed by atoms with Gasteiger partial charge in [0.05, 0.1) is 13.7 Å². The number of thiophene rings is 1. The monoisotopic (exact) mass is 304 g/mol. The first-order valence-corrected chi connectivity index (χ1v) is 8.15. The highest BCUT2D eigenvalue weighted by Crippen LogP contribution is 2.72. The highest BCUT2D eigenvalue weighted by Gasteiger charge is 2.71. The molecular formula is C17H20O3S. The summed E-state index contributed by atoms with van der Waals surface area (Å²) >= 11 is 1.44. The molecule has 1 saturated carbocycles. The topological polar surface area (TPSA) is 35.5 Å². The molecule has 1 heterocycles. The summed E-state index contributed by atoms with van der Waals surface area (Å²) in [4.78, 5) is 12.2. The largest absolute Gasteiger partial charge is 0.495 e. The zero-order valence-corrected chi connectivity index (χ0v) is 13.7. The van der Waals surface area contributed by atoms with Crippen LogP contribution < -0.4 is 4.74 Å². The summed E-state index contributed by atoms with van der Waals surface area (Å²) in [6, 6.07) is 0. The minimum Gasteiger partial charge on any atom is -0.495 e. The maximum Gasteiger partial charge on any atom is 0.342 e. The molecule has 1 aromatic heterocycles. The zero-order valence-electron chi connectivity index (χ0n) is 12.9. The molecule has 0 amide bonds. The van der Waals surface area contributed by atoms with Gasteiger partial charge in [-0.1, -0.05) is 32.6 Å². The minimum absolute atomic E-state index is 0.0244. The lowest BCUT2D eigenvalue weighted by atomic mass is 9.85. The van der Waals surface area contributed by atoms with Crippen molar-refractivity contribution in [2.75, 3.05) is 13.7 Å². The second-order valence-corrected chi connectivity index (χ2v) is 7.38. The smallest absolute Gasteiger partial charge is 0.342 e. The van der Waals surface area contributed by atoms with Gasteiger partial charge in [0.15, 0.2) is 0 Å². The van der Waals surface area contributed by atoms with Crippen molar-refractivity contribution in [2.45, 2.75) is 27.2 Å². The summed E-state index contributed by atoms with van der Waals surface area (Å²) in [5.41, 5.74) is 0.671. The molecule has 0 aromatic carbocycles. The maximum absolute atomic E-state index is 12.2. The van der Waals surface area contributed by atoms with Crippen LogP contribution in [-0.2, 0) is 4.74 Å². The first kappa shape index (κ1) is 14.5. The Morgan fingerprint density at radius 2 is 2.19 bits per heavy atom. The Hall–Kier alpha value is -1.47. The van der Waals surface area contributed by atoms with E-state index in [1.807, 2.05) is 5.38 Å². The SMILES string of the molecule is COc1cscc1C(=O)OCC12CC(C)C#CC1C2(C)C. The number of rotatable bonds is 4. The molecule has 3 nitrogen and oxygen atoms in total. The van der Waals surface area contributed by atoms with Gasteiger partial charge in [0.1, 0.15) is 11.3 Å². The van der Waals surface area contributed by atoms with Crippen LogP contribution in [0, 0.1) is 34.5 Å². The van der Waals surface area contributed by atoms with Gasteiger partial charge < -0.3 is 9.47 Å². The number of methoxy groups -OCH3 is 1. The Labute approximate surface area is 129 Å². The van der Waals surface area contributed by atoms with Crippen LogP contribution in [0.1, 0.15) is 37.6 Å². The number of ether oxygens (including phenoxy) is 2. The van der Waals surface area contributed by atoms with E-state index in [1.165, 1.54) is 11.3 Å². The van der Waals surface area contributed by atoms with E-state index in [1.54, 1.807) is 12.5 Å². The average molecular weight is 304 g/mol. The molecule has 1 aromatic rings. The summed E-state index contributed by atoms with van der Waals surface area (Å²) in [7, 11) is 1.57. The number of carbonyl (C=O) groups is 1. The Balaban J connectivity index is 1.71. The summed E-state index contributed by atoms with van der Waals surface area (Å²) in [6.45, 7) is 7.04. The highest BCUT2D eigenvalue weighted by atomic mass is 32.1. The fraction of sp³-hybridized carbons (Fsp3) is 0.588. The molecule has 1 fully saturated rings. The summed E-state index contributed by atoms with van der Waals surface area (Å²) in [5, 5.41) is 3.59. The number of fused-ring (bicyclic) bond motifs is 1. The van der Waals surface area contributed by atoms with Gasteiger partial charge in [-0.05, 0) is 11.8 Å². The van der Waals surface area contributed by atoms with E-state index in [0.717, 1.165) is 6.42 Å². The fourth-order valence-corrected chi connectivity index (χ4v) is 4.42. The summed E-state index contributed by atoms with van der Waals surface area (Å²) in [5.74, 6) is 7.64. The quantitative estimate of drug-likeness (QED) is 0.630. The molecule has 0 radical (unpaired) electrons.